The zero-order valence-corrected chi connectivity index (χ0v) is 13.2. The molecule has 0 aliphatic carbocycles. The van der Waals surface area contributed by atoms with E-state index in [4.69, 9.17) is 5.11 Å². The summed E-state index contributed by atoms with van der Waals surface area (Å²) in [5, 5.41) is 8.85. The molecule has 124 valence electrons. The molecule has 1 amide bonds. The monoisotopic (exact) mass is 326 g/mol. The van der Waals surface area contributed by atoms with Crippen LogP contribution in [-0.2, 0) is 16.0 Å². The van der Waals surface area contributed by atoms with Gasteiger partial charge in [0.25, 0.3) is 0 Å². The molecule has 3 rings (SSSR count). The average Bonchev–Trinajstić information content (AvgIpc) is 2.64. The summed E-state index contributed by atoms with van der Waals surface area (Å²) in [6, 6.07) is 11.7. The number of hydrogen-bond acceptors (Lipinski definition) is 4. The van der Waals surface area contributed by atoms with Crippen molar-refractivity contribution < 1.29 is 19.4 Å². The van der Waals surface area contributed by atoms with Crippen molar-refractivity contribution >= 4 is 6.09 Å². The Bertz CT molecular complexity index is 694. The molecule has 6 nitrogen and oxygen atoms in total. The third kappa shape index (κ3) is 5.49. The molecule has 0 spiro atoms. The second-order valence-corrected chi connectivity index (χ2v) is 4.90. The Morgan fingerprint density at radius 1 is 1.08 bits per heavy atom. The summed E-state index contributed by atoms with van der Waals surface area (Å²) in [4.78, 5) is 16.1. The van der Waals surface area contributed by atoms with Crippen molar-refractivity contribution in [3.63, 3.8) is 0 Å². The third-order valence-corrected chi connectivity index (χ3v) is 3.09. The predicted octanol–water partition coefficient (Wildman–Crippen LogP) is 3.83. The van der Waals surface area contributed by atoms with E-state index in [9.17, 15) is 4.79 Å². The second-order valence-electron chi connectivity index (χ2n) is 4.90. The van der Waals surface area contributed by atoms with Crippen LogP contribution in [0.5, 0.6) is 0 Å². The minimum atomic E-state index is -0.929. The molecule has 6 heteroatoms. The molecule has 0 radical (unpaired) electrons. The number of carbonyl (C=O) groups is 1. The van der Waals surface area contributed by atoms with Crippen molar-refractivity contribution in [1.82, 2.24) is 9.88 Å². The molecule has 0 unspecified atom stereocenters. The maximum atomic E-state index is 10.8. The summed E-state index contributed by atoms with van der Waals surface area (Å²) in [5.74, 6) is 0. The minimum Gasteiger partial charge on any atom is -0.466 e. The topological polar surface area (TPSA) is 71.9 Å². The van der Waals surface area contributed by atoms with Crippen LogP contribution >= 0.6 is 0 Å². The Morgan fingerprint density at radius 3 is 2.29 bits per heavy atom. The van der Waals surface area contributed by atoms with Crippen LogP contribution in [0.4, 0.5) is 4.79 Å². The van der Waals surface area contributed by atoms with Crippen molar-refractivity contribution in [2.75, 3.05) is 7.05 Å². The minimum absolute atomic E-state index is 0.378. The van der Waals surface area contributed by atoms with E-state index in [1.165, 1.54) is 29.9 Å². The molecule has 1 aromatic carbocycles. The van der Waals surface area contributed by atoms with E-state index in [2.05, 4.69) is 14.5 Å². The maximum absolute atomic E-state index is 10.8. The summed E-state index contributed by atoms with van der Waals surface area (Å²) in [7, 11) is 1.55. The zero-order valence-electron chi connectivity index (χ0n) is 13.2. The molecule has 0 saturated carbocycles. The molecule has 2 aromatic rings. The largest absolute Gasteiger partial charge is 0.466 e. The smallest absolute Gasteiger partial charge is 0.407 e. The van der Waals surface area contributed by atoms with E-state index in [1.54, 1.807) is 19.4 Å². The van der Waals surface area contributed by atoms with Gasteiger partial charge in [0, 0.05) is 26.0 Å². The molecule has 1 aromatic heterocycles. The highest BCUT2D eigenvalue weighted by Crippen LogP contribution is 2.19. The van der Waals surface area contributed by atoms with Gasteiger partial charge in [-0.1, -0.05) is 24.3 Å². The number of hydrogen-bond donors (Lipinski definition) is 1. The highest BCUT2D eigenvalue weighted by molar-refractivity contribution is 5.65. The van der Waals surface area contributed by atoms with Crippen LogP contribution in [0.1, 0.15) is 5.56 Å². The summed E-state index contributed by atoms with van der Waals surface area (Å²) in [6.07, 6.45) is 8.42. The average molecular weight is 326 g/mol. The molecule has 1 aliphatic rings. The molecule has 0 saturated heterocycles. The Labute approximate surface area is 140 Å². The lowest BCUT2D eigenvalue weighted by molar-refractivity contribution is 0.154. The molecule has 0 bridgehead atoms. The number of benzene rings is 1. The number of nitrogens with zero attached hydrogens (tertiary/aromatic N) is 2. The first-order chi connectivity index (χ1) is 11.7. The van der Waals surface area contributed by atoms with Crippen LogP contribution in [0.15, 0.2) is 73.8 Å². The van der Waals surface area contributed by atoms with E-state index < -0.39 is 6.09 Å². The van der Waals surface area contributed by atoms with Crippen molar-refractivity contribution in [2.45, 2.75) is 6.54 Å². The van der Waals surface area contributed by atoms with Crippen molar-refractivity contribution in [3.05, 3.63) is 79.4 Å². The summed E-state index contributed by atoms with van der Waals surface area (Å²) >= 11 is 0. The van der Waals surface area contributed by atoms with Gasteiger partial charge in [-0.15, -0.1) is 0 Å². The van der Waals surface area contributed by atoms with Gasteiger partial charge in [0.2, 0.25) is 0 Å². The van der Waals surface area contributed by atoms with Crippen LogP contribution < -0.4 is 0 Å². The quantitative estimate of drug-likeness (QED) is 0.928. The van der Waals surface area contributed by atoms with Crippen LogP contribution in [0, 0.1) is 0 Å². The van der Waals surface area contributed by atoms with Crippen molar-refractivity contribution in [1.29, 1.82) is 0 Å². The number of pyridine rings is 1. The third-order valence-electron chi connectivity index (χ3n) is 3.09. The van der Waals surface area contributed by atoms with Crippen LogP contribution in [0.25, 0.3) is 11.1 Å². The number of rotatable bonds is 3. The van der Waals surface area contributed by atoms with Crippen LogP contribution in [0.2, 0.25) is 0 Å². The SMILES string of the molecule is C1=COC=CO1.CN(Cc1cccc(-c2cccnc2)c1)C(=O)O. The van der Waals surface area contributed by atoms with E-state index in [0.717, 1.165) is 16.7 Å². The van der Waals surface area contributed by atoms with Gasteiger partial charge in [-0.05, 0) is 28.8 Å². The highest BCUT2D eigenvalue weighted by atomic mass is 16.5. The Morgan fingerprint density at radius 2 is 1.75 bits per heavy atom. The Hall–Kier alpha value is -3.28. The van der Waals surface area contributed by atoms with Gasteiger partial charge in [0.15, 0.2) is 0 Å². The second kappa shape index (κ2) is 8.99. The van der Waals surface area contributed by atoms with Crippen LogP contribution in [-0.4, -0.2) is 28.1 Å². The fourth-order valence-electron chi connectivity index (χ4n) is 1.94. The standard InChI is InChI=1S/C14H14N2O2.C4H4O2/c1-16(14(17)18)10-11-4-2-5-12(8-11)13-6-3-7-15-9-13;1-2-6-4-3-5-1/h2-9H,10H2,1H3,(H,17,18);1-4H. The first-order valence-corrected chi connectivity index (χ1v) is 7.21. The molecule has 0 fully saturated rings. The van der Waals surface area contributed by atoms with Gasteiger partial charge in [-0.25, -0.2) is 4.79 Å². The van der Waals surface area contributed by atoms with Gasteiger partial charge in [0.05, 0.1) is 0 Å². The van der Waals surface area contributed by atoms with E-state index >= 15 is 0 Å². The molecule has 2 heterocycles. The first-order valence-electron chi connectivity index (χ1n) is 7.21. The van der Waals surface area contributed by atoms with Gasteiger partial charge >= 0.3 is 6.09 Å². The van der Waals surface area contributed by atoms with Gasteiger partial charge < -0.3 is 19.5 Å². The van der Waals surface area contributed by atoms with Gasteiger partial charge in [-0.2, -0.15) is 0 Å². The molecular formula is C18H18N2O4. The maximum Gasteiger partial charge on any atom is 0.407 e. The van der Waals surface area contributed by atoms with Crippen LogP contribution in [0.3, 0.4) is 0 Å². The molecule has 0 atom stereocenters. The predicted molar refractivity (Wildman–Crippen MR) is 89.6 cm³/mol. The Balaban J connectivity index is 0.000000292. The van der Waals surface area contributed by atoms with E-state index in [0.29, 0.717) is 6.54 Å². The van der Waals surface area contributed by atoms with E-state index in [-0.39, 0.29) is 0 Å². The fourth-order valence-corrected chi connectivity index (χ4v) is 1.94. The lowest BCUT2D eigenvalue weighted by atomic mass is 10.0. The fraction of sp³-hybridized carbons (Fsp3) is 0.111. The lowest BCUT2D eigenvalue weighted by Gasteiger charge is -2.13. The van der Waals surface area contributed by atoms with Gasteiger partial charge in [0.1, 0.15) is 25.0 Å². The summed E-state index contributed by atoms with van der Waals surface area (Å²) in [6.45, 7) is 0.378. The summed E-state index contributed by atoms with van der Waals surface area (Å²) < 4.78 is 9.17. The highest BCUT2D eigenvalue weighted by Gasteiger charge is 2.06. The summed E-state index contributed by atoms with van der Waals surface area (Å²) in [5.41, 5.74) is 3.03. The van der Waals surface area contributed by atoms with Crippen molar-refractivity contribution in [2.24, 2.45) is 0 Å². The number of ether oxygens (including phenoxy) is 2. The molecule has 1 N–H and O–H groups in total. The molecule has 24 heavy (non-hydrogen) atoms. The molecule has 1 aliphatic heterocycles. The normalized spacial score (nSPS) is 11.5. The number of amides is 1. The Kier molecular flexibility index (Phi) is 6.40. The van der Waals surface area contributed by atoms with Crippen molar-refractivity contribution in [3.8, 4) is 11.1 Å². The zero-order chi connectivity index (χ0) is 17.2. The lowest BCUT2D eigenvalue weighted by Crippen LogP contribution is -2.23. The number of aromatic nitrogens is 1. The molecular weight excluding hydrogens is 308 g/mol. The number of carboxylic acid groups (broad SMARTS) is 1. The van der Waals surface area contributed by atoms with Gasteiger partial charge in [-0.3, -0.25) is 4.98 Å². The first kappa shape index (κ1) is 17.1. The van der Waals surface area contributed by atoms with E-state index in [1.807, 2.05) is 36.4 Å².